The van der Waals surface area contributed by atoms with Crippen molar-refractivity contribution in [2.45, 2.75) is 37.5 Å². The zero-order valence-corrected chi connectivity index (χ0v) is 11.0. The Hall–Kier alpha value is -1.56. The van der Waals surface area contributed by atoms with Crippen molar-refractivity contribution in [2.24, 2.45) is 0 Å². The number of esters is 1. The van der Waals surface area contributed by atoms with Crippen LogP contribution in [0.2, 0.25) is 0 Å². The van der Waals surface area contributed by atoms with Crippen molar-refractivity contribution in [3.8, 4) is 0 Å². The second-order valence-electron chi connectivity index (χ2n) is 4.82. The molecule has 6 heteroatoms. The molecule has 1 aromatic carbocycles. The molecule has 1 saturated carbocycles. The second-order valence-corrected chi connectivity index (χ2v) is 4.82. The minimum atomic E-state index is -4.37. The number of rotatable bonds is 5. The van der Waals surface area contributed by atoms with E-state index >= 15 is 0 Å². The van der Waals surface area contributed by atoms with Crippen molar-refractivity contribution in [3.05, 3.63) is 35.9 Å². The number of benzene rings is 1. The smallest absolute Gasteiger partial charge is 0.406 e. The fraction of sp³-hybridized carbons (Fsp3) is 0.500. The molecule has 110 valence electrons. The zero-order valence-electron chi connectivity index (χ0n) is 11.0. The van der Waals surface area contributed by atoms with Crippen LogP contribution < -0.4 is 5.32 Å². The monoisotopic (exact) mass is 287 g/mol. The number of carbonyl (C=O) groups excluding carboxylic acids is 1. The Balaban J connectivity index is 2.23. The summed E-state index contributed by atoms with van der Waals surface area (Å²) < 4.78 is 43.9. The molecule has 3 nitrogen and oxygen atoms in total. The van der Waals surface area contributed by atoms with Crippen LogP contribution in [0.15, 0.2) is 30.3 Å². The van der Waals surface area contributed by atoms with Gasteiger partial charge in [-0.3, -0.25) is 5.32 Å². The normalized spacial score (nSPS) is 18.4. The van der Waals surface area contributed by atoms with Crippen LogP contribution in [0.1, 0.15) is 31.4 Å². The summed E-state index contributed by atoms with van der Waals surface area (Å²) in [6, 6.07) is 7.22. The van der Waals surface area contributed by atoms with E-state index in [2.05, 4.69) is 5.32 Å². The predicted octanol–water partition coefficient (Wildman–Crippen LogP) is 2.98. The van der Waals surface area contributed by atoms with Gasteiger partial charge in [0.2, 0.25) is 0 Å². The van der Waals surface area contributed by atoms with Crippen LogP contribution in [-0.2, 0) is 9.53 Å². The molecule has 1 aliphatic carbocycles. The third-order valence-corrected chi connectivity index (χ3v) is 3.37. The van der Waals surface area contributed by atoms with Crippen molar-refractivity contribution < 1.29 is 22.7 Å². The summed E-state index contributed by atoms with van der Waals surface area (Å²) in [5.41, 5.74) is -1.48. The lowest BCUT2D eigenvalue weighted by Crippen LogP contribution is -2.48. The van der Waals surface area contributed by atoms with Crippen molar-refractivity contribution in [1.29, 1.82) is 0 Å². The average molecular weight is 287 g/mol. The Morgan fingerprint density at radius 1 is 1.35 bits per heavy atom. The minimum absolute atomic E-state index is 0.0146. The Morgan fingerprint density at radius 2 is 1.95 bits per heavy atom. The summed E-state index contributed by atoms with van der Waals surface area (Å²) >= 11 is 0. The summed E-state index contributed by atoms with van der Waals surface area (Å²) in [4.78, 5) is 11.9. The Bertz CT molecular complexity index is 469. The van der Waals surface area contributed by atoms with Crippen molar-refractivity contribution >= 4 is 5.97 Å². The SMILES string of the molecule is CCOC(=O)C(NC1(C(F)(F)F)CC1)c1ccccc1. The van der Waals surface area contributed by atoms with Gasteiger partial charge in [-0.25, -0.2) is 4.79 Å². The van der Waals surface area contributed by atoms with Gasteiger partial charge in [-0.05, 0) is 25.3 Å². The number of hydrogen-bond donors (Lipinski definition) is 1. The van der Waals surface area contributed by atoms with E-state index in [-0.39, 0.29) is 19.4 Å². The van der Waals surface area contributed by atoms with E-state index in [1.807, 2.05) is 0 Å². The molecule has 20 heavy (non-hydrogen) atoms. The van der Waals surface area contributed by atoms with Gasteiger partial charge in [-0.1, -0.05) is 30.3 Å². The van der Waals surface area contributed by atoms with E-state index in [1.54, 1.807) is 37.3 Å². The molecule has 0 amide bonds. The molecule has 0 heterocycles. The van der Waals surface area contributed by atoms with Crippen LogP contribution in [0.25, 0.3) is 0 Å². The predicted molar refractivity (Wildman–Crippen MR) is 67.0 cm³/mol. The highest BCUT2D eigenvalue weighted by atomic mass is 19.4. The molecule has 1 atom stereocenters. The number of carbonyl (C=O) groups is 1. The molecule has 0 spiro atoms. The quantitative estimate of drug-likeness (QED) is 0.846. The topological polar surface area (TPSA) is 38.3 Å². The van der Waals surface area contributed by atoms with Crippen LogP contribution in [-0.4, -0.2) is 24.3 Å². The highest BCUT2D eigenvalue weighted by molar-refractivity contribution is 5.78. The Labute approximate surface area is 115 Å². The highest BCUT2D eigenvalue weighted by Gasteiger charge is 2.64. The van der Waals surface area contributed by atoms with Gasteiger partial charge in [-0.15, -0.1) is 0 Å². The average Bonchev–Trinajstić information content (AvgIpc) is 3.18. The van der Waals surface area contributed by atoms with Crippen molar-refractivity contribution in [3.63, 3.8) is 0 Å². The van der Waals surface area contributed by atoms with Crippen LogP contribution in [0, 0.1) is 0 Å². The molecule has 1 aromatic rings. The number of nitrogens with one attached hydrogen (secondary N) is 1. The molecule has 0 bridgehead atoms. The Kier molecular flexibility index (Phi) is 4.04. The van der Waals surface area contributed by atoms with E-state index in [4.69, 9.17) is 4.74 Å². The van der Waals surface area contributed by atoms with Gasteiger partial charge >= 0.3 is 12.1 Å². The van der Waals surface area contributed by atoms with Gasteiger partial charge in [0, 0.05) is 0 Å². The first kappa shape index (κ1) is 14.8. The highest BCUT2D eigenvalue weighted by Crippen LogP contribution is 2.50. The van der Waals surface area contributed by atoms with Gasteiger partial charge in [0.1, 0.15) is 11.6 Å². The summed E-state index contributed by atoms with van der Waals surface area (Å²) in [7, 11) is 0. The molecule has 2 rings (SSSR count). The second kappa shape index (κ2) is 5.44. The molecule has 1 unspecified atom stereocenters. The number of ether oxygens (including phenoxy) is 1. The standard InChI is InChI=1S/C14H16F3NO2/c1-2-20-12(19)11(10-6-4-3-5-7-10)18-13(8-9-13)14(15,16)17/h3-7,11,18H,2,8-9H2,1H3. The zero-order chi connectivity index (χ0) is 14.8. The molecular weight excluding hydrogens is 271 g/mol. The summed E-state index contributed by atoms with van der Waals surface area (Å²) in [5.74, 6) is -0.686. The maximum Gasteiger partial charge on any atom is 0.406 e. The number of halogens is 3. The van der Waals surface area contributed by atoms with Gasteiger partial charge < -0.3 is 4.74 Å². The largest absolute Gasteiger partial charge is 0.465 e. The summed E-state index contributed by atoms with van der Waals surface area (Å²) in [6.45, 7) is 1.75. The van der Waals surface area contributed by atoms with Crippen LogP contribution >= 0.6 is 0 Å². The Morgan fingerprint density at radius 3 is 2.40 bits per heavy atom. The van der Waals surface area contributed by atoms with Crippen molar-refractivity contribution in [2.75, 3.05) is 6.61 Å². The molecule has 1 fully saturated rings. The minimum Gasteiger partial charge on any atom is -0.465 e. The van der Waals surface area contributed by atoms with Gasteiger partial charge in [0.25, 0.3) is 0 Å². The van der Waals surface area contributed by atoms with Crippen LogP contribution in [0.5, 0.6) is 0 Å². The van der Waals surface area contributed by atoms with Gasteiger partial charge in [-0.2, -0.15) is 13.2 Å². The lowest BCUT2D eigenvalue weighted by Gasteiger charge is -2.26. The van der Waals surface area contributed by atoms with E-state index in [0.29, 0.717) is 5.56 Å². The van der Waals surface area contributed by atoms with Crippen molar-refractivity contribution in [1.82, 2.24) is 5.32 Å². The summed E-state index contributed by atoms with van der Waals surface area (Å²) in [6.07, 6.45) is -4.40. The third-order valence-electron chi connectivity index (χ3n) is 3.37. The fourth-order valence-electron chi connectivity index (χ4n) is 2.06. The molecule has 1 N–H and O–H groups in total. The van der Waals surface area contributed by atoms with Gasteiger partial charge in [0.15, 0.2) is 0 Å². The maximum atomic E-state index is 13.0. The summed E-state index contributed by atoms with van der Waals surface area (Å²) in [5, 5.41) is 2.45. The first-order valence-corrected chi connectivity index (χ1v) is 6.45. The van der Waals surface area contributed by atoms with Crippen LogP contribution in [0.4, 0.5) is 13.2 Å². The molecule has 1 aliphatic rings. The maximum absolute atomic E-state index is 13.0. The first-order chi connectivity index (χ1) is 9.39. The molecule has 0 radical (unpaired) electrons. The lowest BCUT2D eigenvalue weighted by atomic mass is 10.1. The fourth-order valence-corrected chi connectivity index (χ4v) is 2.06. The first-order valence-electron chi connectivity index (χ1n) is 6.45. The van der Waals surface area contributed by atoms with E-state index in [0.717, 1.165) is 0 Å². The number of hydrogen-bond acceptors (Lipinski definition) is 3. The molecule has 0 aliphatic heterocycles. The number of alkyl halides is 3. The lowest BCUT2D eigenvalue weighted by molar-refractivity contribution is -0.171. The molecule has 0 saturated heterocycles. The molecule has 0 aromatic heterocycles. The van der Waals surface area contributed by atoms with Crippen LogP contribution in [0.3, 0.4) is 0 Å². The van der Waals surface area contributed by atoms with E-state index in [1.165, 1.54) is 0 Å². The molecular formula is C14H16F3NO2. The van der Waals surface area contributed by atoms with E-state index in [9.17, 15) is 18.0 Å². The van der Waals surface area contributed by atoms with E-state index < -0.39 is 23.7 Å². The third kappa shape index (κ3) is 2.95. The van der Waals surface area contributed by atoms with Gasteiger partial charge in [0.05, 0.1) is 6.61 Å².